The fourth-order valence-electron chi connectivity index (χ4n) is 3.41. The number of carbonyl (C=O) groups excluding carboxylic acids is 1. The lowest BCUT2D eigenvalue weighted by molar-refractivity contribution is 0.0975. The second kappa shape index (κ2) is 6.68. The van der Waals surface area contributed by atoms with Crippen molar-refractivity contribution >= 4 is 17.3 Å². The average Bonchev–Trinajstić information content (AvgIpc) is 2.69. The second-order valence-electron chi connectivity index (χ2n) is 6.92. The summed E-state index contributed by atoms with van der Waals surface area (Å²) in [6.07, 6.45) is -0.233. The molecule has 0 aliphatic carbocycles. The molecule has 1 N–H and O–H groups in total. The van der Waals surface area contributed by atoms with E-state index < -0.39 is 0 Å². The third kappa shape index (κ3) is 2.86. The number of fused-ring (bicyclic) bond motifs is 1. The monoisotopic (exact) mass is 342 g/mol. The number of hydrogen-bond donors (Lipinski definition) is 1. The number of rotatable bonds is 3. The van der Waals surface area contributed by atoms with Crippen molar-refractivity contribution in [2.24, 2.45) is 0 Å². The normalized spacial score (nSPS) is 16.3. The Morgan fingerprint density at radius 3 is 2.19 bits per heavy atom. The van der Waals surface area contributed by atoms with Gasteiger partial charge in [-0.05, 0) is 41.3 Å². The largest absolute Gasteiger partial charge is 0.360 e. The molecule has 130 valence electrons. The van der Waals surface area contributed by atoms with Crippen LogP contribution in [0.3, 0.4) is 0 Å². The molecule has 0 radical (unpaired) electrons. The summed E-state index contributed by atoms with van der Waals surface area (Å²) < 4.78 is 0. The van der Waals surface area contributed by atoms with E-state index >= 15 is 0 Å². The molecule has 1 atom stereocenters. The summed E-state index contributed by atoms with van der Waals surface area (Å²) in [5.41, 5.74) is 4.80. The van der Waals surface area contributed by atoms with Crippen molar-refractivity contribution in [2.75, 3.05) is 10.2 Å². The summed E-state index contributed by atoms with van der Waals surface area (Å²) in [7, 11) is 0. The first-order chi connectivity index (χ1) is 12.6. The van der Waals surface area contributed by atoms with Crippen LogP contribution in [-0.4, -0.2) is 5.91 Å². The van der Waals surface area contributed by atoms with Crippen molar-refractivity contribution < 1.29 is 4.79 Å². The Kier molecular flexibility index (Phi) is 4.21. The first kappa shape index (κ1) is 16.4. The first-order valence-electron chi connectivity index (χ1n) is 8.99. The van der Waals surface area contributed by atoms with Crippen LogP contribution in [0, 0.1) is 0 Å². The molecule has 0 aromatic heterocycles. The minimum Gasteiger partial charge on any atom is -0.360 e. The number of amides is 1. The molecule has 0 saturated carbocycles. The van der Waals surface area contributed by atoms with Crippen molar-refractivity contribution in [1.29, 1.82) is 0 Å². The molecule has 1 aliphatic heterocycles. The molecule has 1 aliphatic rings. The van der Waals surface area contributed by atoms with E-state index in [1.54, 1.807) is 0 Å². The van der Waals surface area contributed by atoms with Crippen molar-refractivity contribution in [2.45, 2.75) is 25.9 Å². The van der Waals surface area contributed by atoms with Crippen molar-refractivity contribution in [3.63, 3.8) is 0 Å². The van der Waals surface area contributed by atoms with Gasteiger partial charge in [-0.15, -0.1) is 0 Å². The van der Waals surface area contributed by atoms with Crippen LogP contribution in [-0.2, 0) is 0 Å². The summed E-state index contributed by atoms with van der Waals surface area (Å²) in [5.74, 6) is 0.482. The molecular formula is C23H22N2O. The molecule has 3 aromatic rings. The standard InChI is InChI=1S/C23H22N2O/c1-16(2)17-12-14-19(15-13-17)25-22(18-8-4-3-5-9-18)24-21-11-7-6-10-20(21)23(25)26/h3-16,22,24H,1-2H3/t22-/m0/s1. The van der Waals surface area contributed by atoms with Gasteiger partial charge in [0, 0.05) is 11.4 Å². The number of nitrogens with one attached hydrogen (secondary N) is 1. The minimum atomic E-state index is -0.233. The van der Waals surface area contributed by atoms with Crippen LogP contribution in [0.1, 0.15) is 47.4 Å². The summed E-state index contributed by atoms with van der Waals surface area (Å²) in [5, 5.41) is 3.53. The maximum Gasteiger partial charge on any atom is 0.262 e. The van der Waals surface area contributed by atoms with Gasteiger partial charge in [0.1, 0.15) is 6.17 Å². The van der Waals surface area contributed by atoms with E-state index in [1.807, 2.05) is 71.6 Å². The molecule has 0 spiro atoms. The molecule has 3 aromatic carbocycles. The van der Waals surface area contributed by atoms with Crippen LogP contribution < -0.4 is 10.2 Å². The van der Waals surface area contributed by atoms with Gasteiger partial charge in [0.2, 0.25) is 0 Å². The Morgan fingerprint density at radius 1 is 0.846 bits per heavy atom. The summed E-state index contributed by atoms with van der Waals surface area (Å²) >= 11 is 0. The Bertz CT molecular complexity index is 916. The van der Waals surface area contributed by atoms with Crippen LogP contribution >= 0.6 is 0 Å². The van der Waals surface area contributed by atoms with Gasteiger partial charge in [-0.2, -0.15) is 0 Å². The number of carbonyl (C=O) groups is 1. The zero-order valence-electron chi connectivity index (χ0n) is 15.0. The van der Waals surface area contributed by atoms with E-state index in [4.69, 9.17) is 0 Å². The van der Waals surface area contributed by atoms with Gasteiger partial charge in [0.15, 0.2) is 0 Å². The summed E-state index contributed by atoms with van der Waals surface area (Å²) in [4.78, 5) is 15.2. The lowest BCUT2D eigenvalue weighted by Gasteiger charge is -2.38. The third-order valence-corrected chi connectivity index (χ3v) is 4.88. The highest BCUT2D eigenvalue weighted by atomic mass is 16.2. The summed E-state index contributed by atoms with van der Waals surface area (Å²) in [6, 6.07) is 26.1. The van der Waals surface area contributed by atoms with E-state index in [0.717, 1.165) is 16.9 Å². The maximum absolute atomic E-state index is 13.3. The van der Waals surface area contributed by atoms with E-state index in [-0.39, 0.29) is 12.1 Å². The number of nitrogens with zero attached hydrogens (tertiary/aromatic N) is 1. The topological polar surface area (TPSA) is 32.3 Å². The third-order valence-electron chi connectivity index (χ3n) is 4.88. The van der Waals surface area contributed by atoms with Crippen molar-refractivity contribution in [3.8, 4) is 0 Å². The molecule has 1 heterocycles. The van der Waals surface area contributed by atoms with Gasteiger partial charge in [-0.25, -0.2) is 0 Å². The molecule has 26 heavy (non-hydrogen) atoms. The van der Waals surface area contributed by atoms with Crippen LogP contribution in [0.25, 0.3) is 0 Å². The van der Waals surface area contributed by atoms with Gasteiger partial charge >= 0.3 is 0 Å². The Balaban J connectivity index is 1.81. The van der Waals surface area contributed by atoms with Crippen LogP contribution in [0.15, 0.2) is 78.9 Å². The minimum absolute atomic E-state index is 0.0190. The molecular weight excluding hydrogens is 320 g/mol. The first-order valence-corrected chi connectivity index (χ1v) is 8.99. The van der Waals surface area contributed by atoms with Crippen molar-refractivity contribution in [3.05, 3.63) is 95.6 Å². The Labute approximate surface area is 154 Å². The molecule has 3 heteroatoms. The van der Waals surface area contributed by atoms with Gasteiger partial charge < -0.3 is 5.32 Å². The Morgan fingerprint density at radius 2 is 1.50 bits per heavy atom. The molecule has 0 saturated heterocycles. The highest BCUT2D eigenvalue weighted by Gasteiger charge is 2.33. The summed E-state index contributed by atoms with van der Waals surface area (Å²) in [6.45, 7) is 4.34. The predicted octanol–water partition coefficient (Wildman–Crippen LogP) is 5.58. The fourth-order valence-corrected chi connectivity index (χ4v) is 3.41. The van der Waals surface area contributed by atoms with Crippen molar-refractivity contribution in [1.82, 2.24) is 0 Å². The number of benzene rings is 3. The fraction of sp³-hybridized carbons (Fsp3) is 0.174. The van der Waals surface area contributed by atoms with Crippen LogP contribution in [0.5, 0.6) is 0 Å². The van der Waals surface area contributed by atoms with Gasteiger partial charge in [-0.1, -0.05) is 68.4 Å². The highest BCUT2D eigenvalue weighted by Crippen LogP contribution is 2.36. The van der Waals surface area contributed by atoms with Gasteiger partial charge in [-0.3, -0.25) is 9.69 Å². The van der Waals surface area contributed by atoms with E-state index in [9.17, 15) is 4.79 Å². The lowest BCUT2D eigenvalue weighted by atomic mass is 10.0. The maximum atomic E-state index is 13.3. The molecule has 4 rings (SSSR count). The predicted molar refractivity (Wildman–Crippen MR) is 107 cm³/mol. The average molecular weight is 342 g/mol. The van der Waals surface area contributed by atoms with Gasteiger partial charge in [0.25, 0.3) is 5.91 Å². The molecule has 0 bridgehead atoms. The zero-order chi connectivity index (χ0) is 18.1. The smallest absolute Gasteiger partial charge is 0.262 e. The van der Waals surface area contributed by atoms with Crippen LogP contribution in [0.2, 0.25) is 0 Å². The van der Waals surface area contributed by atoms with E-state index in [1.165, 1.54) is 5.56 Å². The molecule has 1 amide bonds. The number of para-hydroxylation sites is 1. The second-order valence-corrected chi connectivity index (χ2v) is 6.92. The van der Waals surface area contributed by atoms with E-state index in [2.05, 4.69) is 31.3 Å². The highest BCUT2D eigenvalue weighted by molar-refractivity contribution is 6.12. The SMILES string of the molecule is CC(C)c1ccc(N2C(=O)c3ccccc3N[C@@H]2c2ccccc2)cc1. The number of anilines is 2. The number of hydrogen-bond acceptors (Lipinski definition) is 2. The molecule has 3 nitrogen and oxygen atoms in total. The quantitative estimate of drug-likeness (QED) is 0.674. The van der Waals surface area contributed by atoms with E-state index in [0.29, 0.717) is 11.5 Å². The van der Waals surface area contributed by atoms with Crippen LogP contribution in [0.4, 0.5) is 11.4 Å². The molecule has 0 fully saturated rings. The Hall–Kier alpha value is -3.07. The van der Waals surface area contributed by atoms with Gasteiger partial charge in [0.05, 0.1) is 5.56 Å². The zero-order valence-corrected chi connectivity index (χ0v) is 15.0. The lowest BCUT2D eigenvalue weighted by Crippen LogP contribution is -2.43. The molecule has 0 unspecified atom stereocenters.